The topological polar surface area (TPSA) is 98.7 Å². The van der Waals surface area contributed by atoms with Crippen molar-refractivity contribution < 1.29 is 19.8 Å². The highest BCUT2D eigenvalue weighted by atomic mass is 35.5. The number of aliphatic hydroxyl groups excluding tert-OH is 2. The molecule has 1 aromatic rings. The van der Waals surface area contributed by atoms with Crippen LogP contribution in [0.4, 0.5) is 0 Å². The van der Waals surface area contributed by atoms with E-state index >= 15 is 0 Å². The monoisotopic (exact) mass is 380 g/mol. The van der Waals surface area contributed by atoms with Gasteiger partial charge in [0.05, 0.1) is 24.0 Å². The van der Waals surface area contributed by atoms with Crippen LogP contribution in [0.1, 0.15) is 38.2 Å². The number of amides is 2. The Hall–Kier alpha value is -1.63. The molecule has 6 nitrogen and oxygen atoms in total. The van der Waals surface area contributed by atoms with Gasteiger partial charge in [0.25, 0.3) is 0 Å². The van der Waals surface area contributed by atoms with Gasteiger partial charge in [0.2, 0.25) is 11.8 Å². The van der Waals surface area contributed by atoms with Crippen LogP contribution in [0.25, 0.3) is 0 Å². The van der Waals surface area contributed by atoms with Crippen LogP contribution >= 0.6 is 11.6 Å². The molecule has 6 atom stereocenters. The highest BCUT2D eigenvalue weighted by molar-refractivity contribution is 6.31. The number of nitrogens with one attached hydrogen (secondary N) is 2. The summed E-state index contributed by atoms with van der Waals surface area (Å²) in [6.45, 7) is 3.65. The second-order valence-corrected chi connectivity index (χ2v) is 7.93. The molecule has 2 fully saturated rings. The van der Waals surface area contributed by atoms with E-state index in [2.05, 4.69) is 10.6 Å². The van der Waals surface area contributed by atoms with Gasteiger partial charge in [0, 0.05) is 23.0 Å². The number of piperidine rings is 2. The molecule has 0 aliphatic carbocycles. The molecule has 142 valence electrons. The molecule has 4 N–H and O–H groups in total. The Morgan fingerprint density at radius 3 is 1.85 bits per heavy atom. The van der Waals surface area contributed by atoms with Crippen LogP contribution in [-0.4, -0.2) is 46.3 Å². The highest BCUT2D eigenvalue weighted by Crippen LogP contribution is 2.43. The predicted molar refractivity (Wildman–Crippen MR) is 97.6 cm³/mol. The fourth-order valence-electron chi connectivity index (χ4n) is 4.32. The third-order valence-electron chi connectivity index (χ3n) is 5.44. The molecule has 2 amide bonds. The molecule has 2 aliphatic heterocycles. The number of hydrogen-bond acceptors (Lipinski definition) is 4. The molecule has 1 aromatic carbocycles. The van der Waals surface area contributed by atoms with Crippen LogP contribution in [0.3, 0.4) is 0 Å². The number of hydrogen-bond donors (Lipinski definition) is 4. The lowest BCUT2D eigenvalue weighted by atomic mass is 9.68. The van der Waals surface area contributed by atoms with Crippen molar-refractivity contribution in [3.05, 3.63) is 34.9 Å². The molecule has 2 saturated heterocycles. The standard InChI is InChI=1S/C19H25ClN2O4/c1-9-7-13(23)16(18(25)21-9)15(11-5-3-4-6-12(11)20)17-14(24)8-10(2)22-19(17)26/h3-6,9-10,13-17,23-24H,7-8H2,1-2H3,(H,21,25)(H,22,26). The van der Waals surface area contributed by atoms with Gasteiger partial charge in [-0.05, 0) is 38.3 Å². The van der Waals surface area contributed by atoms with Crippen molar-refractivity contribution in [1.82, 2.24) is 10.6 Å². The van der Waals surface area contributed by atoms with Gasteiger partial charge in [-0.2, -0.15) is 0 Å². The van der Waals surface area contributed by atoms with Crippen molar-refractivity contribution >= 4 is 23.4 Å². The van der Waals surface area contributed by atoms with Gasteiger partial charge in [-0.25, -0.2) is 0 Å². The molecule has 0 aromatic heterocycles. The molecule has 6 unspecified atom stereocenters. The maximum absolute atomic E-state index is 12.7. The first kappa shape index (κ1) is 19.1. The van der Waals surface area contributed by atoms with Gasteiger partial charge in [0.1, 0.15) is 0 Å². The van der Waals surface area contributed by atoms with E-state index in [4.69, 9.17) is 11.6 Å². The minimum atomic E-state index is -0.917. The molecule has 7 heteroatoms. The van der Waals surface area contributed by atoms with Crippen molar-refractivity contribution in [1.29, 1.82) is 0 Å². The summed E-state index contributed by atoms with van der Waals surface area (Å²) in [5, 5.41) is 27.5. The first-order valence-corrected chi connectivity index (χ1v) is 9.38. The minimum absolute atomic E-state index is 0.147. The fraction of sp³-hybridized carbons (Fsp3) is 0.579. The van der Waals surface area contributed by atoms with Crippen LogP contribution in [0.2, 0.25) is 5.02 Å². The van der Waals surface area contributed by atoms with E-state index in [0.717, 1.165) is 0 Å². The number of carbonyl (C=O) groups is 2. The van der Waals surface area contributed by atoms with Gasteiger partial charge in [0.15, 0.2) is 0 Å². The zero-order valence-electron chi connectivity index (χ0n) is 14.9. The molecule has 0 spiro atoms. The summed E-state index contributed by atoms with van der Waals surface area (Å²) in [5.74, 6) is -3.07. The second-order valence-electron chi connectivity index (χ2n) is 7.52. The molecule has 3 rings (SSSR count). The smallest absolute Gasteiger partial charge is 0.226 e. The zero-order chi connectivity index (χ0) is 19.0. The Kier molecular flexibility index (Phi) is 5.55. The van der Waals surface area contributed by atoms with E-state index in [0.29, 0.717) is 23.4 Å². The van der Waals surface area contributed by atoms with Gasteiger partial charge >= 0.3 is 0 Å². The number of aliphatic hydroxyl groups is 2. The van der Waals surface area contributed by atoms with Gasteiger partial charge < -0.3 is 20.8 Å². The quantitative estimate of drug-likeness (QED) is 0.633. The minimum Gasteiger partial charge on any atom is -0.392 e. The summed E-state index contributed by atoms with van der Waals surface area (Å²) in [4.78, 5) is 25.5. The molecule has 2 aliphatic rings. The summed E-state index contributed by atoms with van der Waals surface area (Å²) < 4.78 is 0. The third-order valence-corrected chi connectivity index (χ3v) is 5.78. The Morgan fingerprint density at radius 2 is 1.42 bits per heavy atom. The predicted octanol–water partition coefficient (Wildman–Crippen LogP) is 1.19. The maximum Gasteiger partial charge on any atom is 0.226 e. The second kappa shape index (κ2) is 7.55. The summed E-state index contributed by atoms with van der Waals surface area (Å²) in [5.41, 5.74) is 0.594. The first-order chi connectivity index (χ1) is 12.3. The summed E-state index contributed by atoms with van der Waals surface area (Å²) in [7, 11) is 0. The largest absolute Gasteiger partial charge is 0.392 e. The van der Waals surface area contributed by atoms with Gasteiger partial charge in [-0.3, -0.25) is 9.59 Å². The molecular formula is C19H25ClN2O4. The van der Waals surface area contributed by atoms with Crippen LogP contribution in [-0.2, 0) is 9.59 Å². The summed E-state index contributed by atoms with van der Waals surface area (Å²) in [6, 6.07) is 6.69. The average molecular weight is 381 g/mol. The fourth-order valence-corrected chi connectivity index (χ4v) is 4.59. The molecule has 26 heavy (non-hydrogen) atoms. The van der Waals surface area contributed by atoms with E-state index in [9.17, 15) is 19.8 Å². The van der Waals surface area contributed by atoms with Crippen LogP contribution in [0.5, 0.6) is 0 Å². The number of halogens is 1. The third kappa shape index (κ3) is 3.59. The van der Waals surface area contributed by atoms with E-state index < -0.39 is 30.0 Å². The summed E-state index contributed by atoms with van der Waals surface area (Å²) >= 11 is 6.38. The SMILES string of the molecule is CC1CC(O)C(C(c2ccccc2Cl)C2C(=O)NC(C)CC2O)C(=O)N1. The molecular weight excluding hydrogens is 356 g/mol. The lowest BCUT2D eigenvalue weighted by Gasteiger charge is -2.43. The lowest BCUT2D eigenvalue weighted by Crippen LogP contribution is -2.58. The van der Waals surface area contributed by atoms with Crippen molar-refractivity contribution in [3.8, 4) is 0 Å². The van der Waals surface area contributed by atoms with Crippen LogP contribution in [0.15, 0.2) is 24.3 Å². The molecule has 2 heterocycles. The van der Waals surface area contributed by atoms with E-state index in [-0.39, 0.29) is 23.9 Å². The zero-order valence-corrected chi connectivity index (χ0v) is 15.6. The lowest BCUT2D eigenvalue weighted by molar-refractivity contribution is -0.142. The van der Waals surface area contributed by atoms with Crippen LogP contribution in [0, 0.1) is 11.8 Å². The number of carbonyl (C=O) groups excluding carboxylic acids is 2. The molecule has 0 bridgehead atoms. The summed E-state index contributed by atoms with van der Waals surface area (Å²) in [6.07, 6.45) is -1.06. The van der Waals surface area contributed by atoms with Crippen molar-refractivity contribution in [2.75, 3.05) is 0 Å². The van der Waals surface area contributed by atoms with Crippen molar-refractivity contribution in [2.45, 2.75) is 56.9 Å². The Balaban J connectivity index is 2.07. The van der Waals surface area contributed by atoms with Gasteiger partial charge in [-0.1, -0.05) is 29.8 Å². The number of benzene rings is 1. The maximum atomic E-state index is 12.7. The first-order valence-electron chi connectivity index (χ1n) is 9.01. The Labute approximate surface area is 157 Å². The molecule has 0 saturated carbocycles. The van der Waals surface area contributed by atoms with Crippen LogP contribution < -0.4 is 10.6 Å². The van der Waals surface area contributed by atoms with Gasteiger partial charge in [-0.15, -0.1) is 0 Å². The van der Waals surface area contributed by atoms with Crippen molar-refractivity contribution in [2.24, 2.45) is 11.8 Å². The normalized spacial score (nSPS) is 36.2. The van der Waals surface area contributed by atoms with E-state index in [1.807, 2.05) is 13.8 Å². The Bertz CT molecular complexity index is 662. The number of rotatable bonds is 3. The average Bonchev–Trinajstić information content (AvgIpc) is 2.52. The van der Waals surface area contributed by atoms with E-state index in [1.54, 1.807) is 24.3 Å². The Morgan fingerprint density at radius 1 is 0.962 bits per heavy atom. The van der Waals surface area contributed by atoms with Crippen molar-refractivity contribution in [3.63, 3.8) is 0 Å². The molecule has 0 radical (unpaired) electrons. The van der Waals surface area contributed by atoms with E-state index in [1.165, 1.54) is 0 Å². The highest BCUT2D eigenvalue weighted by Gasteiger charge is 2.49.